The summed E-state index contributed by atoms with van der Waals surface area (Å²) in [5.41, 5.74) is 8.06. The van der Waals surface area contributed by atoms with Gasteiger partial charge in [-0.1, -0.05) is 60.1 Å². The first kappa shape index (κ1) is 75.3. The van der Waals surface area contributed by atoms with Gasteiger partial charge in [0.25, 0.3) is 0 Å². The zero-order chi connectivity index (χ0) is 64.8. The van der Waals surface area contributed by atoms with Crippen molar-refractivity contribution < 1.29 is 13.9 Å². The third kappa shape index (κ3) is 17.6. The van der Waals surface area contributed by atoms with Crippen LogP contribution in [0.5, 0.6) is 11.5 Å². The van der Waals surface area contributed by atoms with Crippen LogP contribution in [0.15, 0.2) is 84.9 Å². The Kier molecular flexibility index (Phi) is 29.1. The predicted molar refractivity (Wildman–Crippen MR) is 428 cm³/mol. The van der Waals surface area contributed by atoms with E-state index in [0.29, 0.717) is 6.61 Å². The highest BCUT2D eigenvalue weighted by atomic mass is 35.5. The molecule has 0 amide bonds. The molecule has 4 nitrogen and oxygen atoms in total. The van der Waals surface area contributed by atoms with Gasteiger partial charge in [0.05, 0.1) is 18.2 Å². The average Bonchev–Trinajstić information content (AvgIpc) is 1.73. The van der Waals surface area contributed by atoms with Crippen molar-refractivity contribution in [1.29, 1.82) is 0 Å². The number of methoxy groups -OCH3 is 1. The number of fused-ring (bicyclic) bond motifs is 6. The van der Waals surface area contributed by atoms with E-state index >= 15 is 0 Å². The molecule has 0 aliphatic carbocycles. The normalized spacial score (nSPS) is 13.6. The molecule has 3 heterocycles. The lowest BCUT2D eigenvalue weighted by molar-refractivity contribution is 0.127. The Hall–Kier alpha value is -0.683. The molecule has 2 atom stereocenters. The number of benzene rings is 4. The number of halogens is 2. The Morgan fingerprint density at radius 2 is 0.943 bits per heavy atom. The van der Waals surface area contributed by atoms with Gasteiger partial charge in [0.1, 0.15) is 12.4 Å². The van der Waals surface area contributed by atoms with E-state index in [-0.39, 0.29) is 17.9 Å². The number of rotatable bonds is 27. The van der Waals surface area contributed by atoms with Crippen LogP contribution >= 0.6 is 11.6 Å². The number of nitrogens with one attached hydrogen (secondary N) is 1. The quantitative estimate of drug-likeness (QED) is 0.0533. The molecule has 2 unspecified atom stereocenters. The Labute approximate surface area is 567 Å². The third-order valence-electron chi connectivity index (χ3n) is 17.9. The molecule has 5 aromatic rings. The number of nitrogens with zero attached hydrogens (tertiary/aromatic N) is 1. The highest BCUT2D eigenvalue weighted by Gasteiger charge is 2.60. The lowest BCUT2D eigenvalue weighted by Gasteiger charge is -2.56. The number of aromatic nitrogens is 1. The summed E-state index contributed by atoms with van der Waals surface area (Å²) in [5.74, 6) is 1.25. The zero-order valence-corrected chi connectivity index (χ0v) is 50.1. The van der Waals surface area contributed by atoms with Crippen LogP contribution in [0, 0.1) is 5.82 Å². The van der Waals surface area contributed by atoms with E-state index in [1.807, 2.05) is 42.5 Å². The number of aromatic amines is 1. The van der Waals surface area contributed by atoms with Gasteiger partial charge in [0.2, 0.25) is 0 Å². The molecule has 1 aromatic heterocycles. The molecule has 4 aromatic carbocycles. The summed E-state index contributed by atoms with van der Waals surface area (Å²) >= 11 is 6.77. The van der Waals surface area contributed by atoms with Gasteiger partial charge in [-0.2, -0.15) is 0 Å². The Balaban J connectivity index is 0.000000282. The SMILES string of the molecule is COc1cc2c(cc1OCc1ccccc1)C1Cc3c([nH]c4cccc(Cl)c34)C(c3ccc(F)cc3)N1CC2.[B]B([B])B([B])B(B([B])[B])B(B(B([B])[B])B([B])[B])B(B(B(B([B])[B])B([B])[B])B(B([B])[B])B([B])[B])B(B(B([B])[B])B([B])[B])B(B([B])[B])B([B])[B]. The highest BCUT2D eigenvalue weighted by Crippen LogP contribution is 2.50. The van der Waals surface area contributed by atoms with Crippen LogP contribution in [-0.4, -0.2) is 364 Å². The maximum Gasteiger partial charge on any atom is 0.162 e. The third-order valence-corrected chi connectivity index (χ3v) is 18.3. The number of hydrogen-bond donors (Lipinski definition) is 1. The Morgan fingerprint density at radius 3 is 1.37 bits per heavy atom. The Bertz CT molecular complexity index is 2810. The molecule has 87 heavy (non-hydrogen) atoms. The second-order valence-corrected chi connectivity index (χ2v) is 24.0. The summed E-state index contributed by atoms with van der Waals surface area (Å²) in [6.45, 7) is 1.33. The van der Waals surface area contributed by atoms with Crippen LogP contribution in [0.1, 0.15) is 45.6 Å². The van der Waals surface area contributed by atoms with Gasteiger partial charge < -0.3 is 14.5 Å². The van der Waals surface area contributed by atoms with Crippen LogP contribution < -0.4 is 9.47 Å². The fourth-order valence-corrected chi connectivity index (χ4v) is 14.6. The van der Waals surface area contributed by atoms with Crippen molar-refractivity contribution >= 4 is 363 Å². The molecular formula is C33H28B48ClFN2O2. The molecule has 0 saturated carbocycles. The van der Waals surface area contributed by atoms with Crippen molar-refractivity contribution in [1.82, 2.24) is 9.88 Å². The van der Waals surface area contributed by atoms with Crippen LogP contribution in [0.4, 0.5) is 4.39 Å². The molecule has 0 saturated heterocycles. The van der Waals surface area contributed by atoms with E-state index in [9.17, 15) is 4.39 Å². The zero-order valence-electron chi connectivity index (χ0n) is 49.3. The summed E-state index contributed by atoms with van der Waals surface area (Å²) in [4.78, 5) is 6.22. The topological polar surface area (TPSA) is 37.5 Å². The van der Waals surface area contributed by atoms with Gasteiger partial charge in [0.15, 0.2) is 11.5 Å². The minimum Gasteiger partial charge on any atom is -0.493 e. The van der Waals surface area contributed by atoms with Crippen molar-refractivity contribution in [2.24, 2.45) is 0 Å². The molecule has 50 radical (unpaired) electrons. The first-order valence-corrected chi connectivity index (χ1v) is 29.3. The second kappa shape index (κ2) is 33.6. The largest absolute Gasteiger partial charge is 0.493 e. The summed E-state index contributed by atoms with van der Waals surface area (Å²) < 4.78 is 26.0. The van der Waals surface area contributed by atoms with Crippen molar-refractivity contribution in [2.45, 2.75) is 31.5 Å². The van der Waals surface area contributed by atoms with E-state index < -0.39 is 147 Å². The molecule has 2 aliphatic rings. The van der Waals surface area contributed by atoms with Gasteiger partial charge in [-0.15, -0.1) is 0 Å². The monoisotopic (exact) mass is 1070 g/mol. The lowest BCUT2D eigenvalue weighted by atomic mass is 8.25. The smallest absolute Gasteiger partial charge is 0.162 e. The molecule has 2 aliphatic heterocycles. The molecule has 0 spiro atoms. The number of ether oxygens (including phenoxy) is 2. The van der Waals surface area contributed by atoms with Gasteiger partial charge >= 0.3 is 0 Å². The van der Waals surface area contributed by atoms with Crippen molar-refractivity contribution in [3.63, 3.8) is 0 Å². The molecular weight excluding hydrogens is 1030 g/mol. The summed E-state index contributed by atoms with van der Waals surface area (Å²) in [6, 6.07) is 27.4. The van der Waals surface area contributed by atoms with Crippen LogP contribution in [-0.2, 0) is 19.4 Å². The van der Waals surface area contributed by atoms with Crippen molar-refractivity contribution in [3.8, 4) is 11.5 Å². The fourth-order valence-electron chi connectivity index (χ4n) is 14.3. The molecule has 54 heteroatoms. The predicted octanol–water partition coefficient (Wildman–Crippen LogP) is -10.5. The summed E-state index contributed by atoms with van der Waals surface area (Å²) in [6.07, 6.45) is -27.4. The van der Waals surface area contributed by atoms with E-state index in [4.69, 9.17) is 215 Å². The minimum absolute atomic E-state index is 0.0493. The molecule has 0 bridgehead atoms. The first-order valence-electron chi connectivity index (χ1n) is 28.9. The molecule has 7 rings (SSSR count). The highest BCUT2D eigenvalue weighted by molar-refractivity contribution is 8.35. The van der Waals surface area contributed by atoms with Gasteiger partial charge in [-0.25, -0.2) is 4.39 Å². The minimum atomic E-state index is -1.34. The van der Waals surface area contributed by atoms with E-state index in [0.717, 1.165) is 63.6 Å². The molecule has 0 fully saturated rings. The summed E-state index contributed by atoms with van der Waals surface area (Å²) in [7, 11) is 161. The fraction of sp³-hybridized carbons (Fsp3) is 0.212. The van der Waals surface area contributed by atoms with Gasteiger partial charge in [0, 0.05) is 369 Å². The molecule has 340 valence electrons. The molecule has 1 N–H and O–H groups in total. The van der Waals surface area contributed by atoms with Crippen molar-refractivity contribution in [3.05, 3.63) is 129 Å². The second-order valence-electron chi connectivity index (χ2n) is 23.6. The average molecular weight is 1060 g/mol. The van der Waals surface area contributed by atoms with E-state index in [1.54, 1.807) is 19.2 Å². The first-order chi connectivity index (χ1) is 40.9. The van der Waals surface area contributed by atoms with E-state index in [1.165, 1.54) is 16.7 Å². The lowest BCUT2D eigenvalue weighted by Crippen LogP contribution is -2.94. The van der Waals surface area contributed by atoms with Gasteiger partial charge in [-0.3, -0.25) is 4.90 Å². The maximum atomic E-state index is 13.9. The van der Waals surface area contributed by atoms with Crippen LogP contribution in [0.3, 0.4) is 0 Å². The number of hydrogen-bond acceptors (Lipinski definition) is 3. The maximum absolute atomic E-state index is 13.9. The van der Waals surface area contributed by atoms with Gasteiger partial charge in [-0.05, 0) is 77.1 Å². The van der Waals surface area contributed by atoms with Crippen LogP contribution in [0.25, 0.3) is 10.9 Å². The van der Waals surface area contributed by atoms with Crippen molar-refractivity contribution in [2.75, 3.05) is 13.7 Å². The number of H-pyrrole nitrogens is 1. The summed E-state index contributed by atoms with van der Waals surface area (Å²) in [5, 5.41) is 1.82. The van der Waals surface area contributed by atoms with Crippen LogP contribution in [0.2, 0.25) is 5.02 Å². The standard InChI is InChI=1S/C33H28ClFN2O2.B48/c1-38-29-16-22-14-15-37-28(24(22)18-30(29)39-19-20-6-3-2-4-7-20)17-25-31-26(34)8-5-9-27(31)36-32(25)33(37)21-10-12-23(35)13-11-21;1-26(2)38(25)44(37(23)24)47(43(35(19)20)36(21)22)48(45(39(27(3)4)28(5)6)40(29(7)8)30(9)10)46(41(31(11)12)32(13)14)42(33(15)16)34(17)18/h2-13,16,18,28,33,36H,14-15,17,19H2,1H3;. The van der Waals surface area contributed by atoms with E-state index in [2.05, 4.69) is 40.2 Å². The Morgan fingerprint density at radius 1 is 0.506 bits per heavy atom.